The molecule has 2 rings (SSSR count). The molecule has 0 bridgehead atoms. The summed E-state index contributed by atoms with van der Waals surface area (Å²) in [5.74, 6) is 1.90. The second kappa shape index (κ2) is 10.2. The first-order valence-electron chi connectivity index (χ1n) is 9.56. The van der Waals surface area contributed by atoms with Crippen molar-refractivity contribution in [1.29, 1.82) is 0 Å². The maximum absolute atomic E-state index is 11.2. The van der Waals surface area contributed by atoms with Crippen molar-refractivity contribution < 1.29 is 13.2 Å². The van der Waals surface area contributed by atoms with E-state index in [1.54, 1.807) is 0 Å². The maximum atomic E-state index is 11.2. The van der Waals surface area contributed by atoms with Gasteiger partial charge in [0.2, 0.25) is 0 Å². The van der Waals surface area contributed by atoms with Crippen molar-refractivity contribution in [3.8, 4) is 5.75 Å². The smallest absolute Gasteiger partial charge is 0.147 e. The van der Waals surface area contributed by atoms with Gasteiger partial charge in [-0.2, -0.15) is 0 Å². The Morgan fingerprint density at radius 3 is 2.64 bits per heavy atom. The van der Waals surface area contributed by atoms with Gasteiger partial charge in [0, 0.05) is 24.4 Å². The molecule has 0 heterocycles. The number of sulfone groups is 1. The quantitative estimate of drug-likeness (QED) is 0.636. The average molecular weight is 368 g/mol. The standard InChI is InChI=1S/C20H33NO3S/c1-17(15-18-9-4-3-5-10-18)21-16-19-11-6-7-12-20(19)24-13-8-14-25(2,22)23/h6-7,11-12,17-18,21H,3-5,8-10,13-16H2,1-2H3. The molecule has 5 heteroatoms. The van der Waals surface area contributed by atoms with Gasteiger partial charge in [0.1, 0.15) is 15.6 Å². The Hall–Kier alpha value is -1.07. The fraction of sp³-hybridized carbons (Fsp3) is 0.700. The van der Waals surface area contributed by atoms with E-state index in [4.69, 9.17) is 4.74 Å². The molecule has 1 atom stereocenters. The molecule has 0 aliphatic heterocycles. The highest BCUT2D eigenvalue weighted by Crippen LogP contribution is 2.27. The summed E-state index contributed by atoms with van der Waals surface area (Å²) in [6, 6.07) is 8.52. The fourth-order valence-corrected chi connectivity index (χ4v) is 4.23. The van der Waals surface area contributed by atoms with Crippen LogP contribution in [0.2, 0.25) is 0 Å². The van der Waals surface area contributed by atoms with Crippen molar-refractivity contribution in [2.24, 2.45) is 5.92 Å². The molecule has 1 aromatic carbocycles. The van der Waals surface area contributed by atoms with Crippen molar-refractivity contribution in [2.45, 2.75) is 64.5 Å². The largest absolute Gasteiger partial charge is 0.493 e. The number of benzene rings is 1. The second-order valence-electron chi connectivity index (χ2n) is 7.46. The van der Waals surface area contributed by atoms with Crippen molar-refractivity contribution in [1.82, 2.24) is 5.32 Å². The van der Waals surface area contributed by atoms with E-state index in [2.05, 4.69) is 18.3 Å². The Balaban J connectivity index is 1.77. The van der Waals surface area contributed by atoms with Crippen LogP contribution in [0.4, 0.5) is 0 Å². The molecule has 1 N–H and O–H groups in total. The number of hydrogen-bond acceptors (Lipinski definition) is 4. The zero-order valence-electron chi connectivity index (χ0n) is 15.7. The summed E-state index contributed by atoms with van der Waals surface area (Å²) in [5, 5.41) is 3.63. The summed E-state index contributed by atoms with van der Waals surface area (Å²) in [4.78, 5) is 0. The van der Waals surface area contributed by atoms with Crippen LogP contribution >= 0.6 is 0 Å². The Kier molecular flexibility index (Phi) is 8.24. The first-order chi connectivity index (χ1) is 11.9. The Labute approximate surface area is 153 Å². The van der Waals surface area contributed by atoms with Crippen molar-refractivity contribution in [2.75, 3.05) is 18.6 Å². The van der Waals surface area contributed by atoms with E-state index in [-0.39, 0.29) is 5.75 Å². The molecule has 0 aromatic heterocycles. The molecular formula is C20H33NO3S. The lowest BCUT2D eigenvalue weighted by Crippen LogP contribution is -2.28. The van der Waals surface area contributed by atoms with Crippen LogP contribution in [-0.2, 0) is 16.4 Å². The average Bonchev–Trinajstić information content (AvgIpc) is 2.58. The minimum Gasteiger partial charge on any atom is -0.493 e. The summed E-state index contributed by atoms with van der Waals surface area (Å²) < 4.78 is 28.2. The summed E-state index contributed by atoms with van der Waals surface area (Å²) in [6.07, 6.45) is 9.98. The summed E-state index contributed by atoms with van der Waals surface area (Å²) >= 11 is 0. The van der Waals surface area contributed by atoms with E-state index in [1.807, 2.05) is 18.2 Å². The first-order valence-corrected chi connectivity index (χ1v) is 11.6. The van der Waals surface area contributed by atoms with E-state index in [0.717, 1.165) is 23.8 Å². The maximum Gasteiger partial charge on any atom is 0.147 e. The lowest BCUT2D eigenvalue weighted by Gasteiger charge is -2.25. The molecular weight excluding hydrogens is 334 g/mol. The molecule has 4 nitrogen and oxygen atoms in total. The van der Waals surface area contributed by atoms with Gasteiger partial charge in [-0.05, 0) is 31.7 Å². The van der Waals surface area contributed by atoms with E-state index in [0.29, 0.717) is 19.1 Å². The van der Waals surface area contributed by atoms with Crippen LogP contribution in [0.3, 0.4) is 0 Å². The number of ether oxygens (including phenoxy) is 1. The Morgan fingerprint density at radius 2 is 1.92 bits per heavy atom. The molecule has 25 heavy (non-hydrogen) atoms. The van der Waals surface area contributed by atoms with Crippen LogP contribution in [0.5, 0.6) is 5.75 Å². The summed E-state index contributed by atoms with van der Waals surface area (Å²) in [6.45, 7) is 3.49. The van der Waals surface area contributed by atoms with Crippen LogP contribution in [-0.4, -0.2) is 33.1 Å². The van der Waals surface area contributed by atoms with Crippen LogP contribution in [0.1, 0.15) is 57.4 Å². The highest BCUT2D eigenvalue weighted by Gasteiger charge is 2.16. The van der Waals surface area contributed by atoms with Gasteiger partial charge in [-0.25, -0.2) is 8.42 Å². The van der Waals surface area contributed by atoms with Gasteiger partial charge in [0.25, 0.3) is 0 Å². The van der Waals surface area contributed by atoms with Gasteiger partial charge in [0.05, 0.1) is 12.4 Å². The van der Waals surface area contributed by atoms with Gasteiger partial charge in [0.15, 0.2) is 0 Å². The molecule has 0 radical (unpaired) electrons. The van der Waals surface area contributed by atoms with E-state index in [9.17, 15) is 8.42 Å². The highest BCUT2D eigenvalue weighted by atomic mass is 32.2. The van der Waals surface area contributed by atoms with Crippen LogP contribution in [0.15, 0.2) is 24.3 Å². The van der Waals surface area contributed by atoms with Gasteiger partial charge >= 0.3 is 0 Å². The molecule has 142 valence electrons. The molecule has 0 saturated heterocycles. The van der Waals surface area contributed by atoms with Gasteiger partial charge in [-0.3, -0.25) is 0 Å². The molecule has 0 spiro atoms. The molecule has 0 amide bonds. The fourth-order valence-electron chi connectivity index (χ4n) is 3.58. The highest BCUT2D eigenvalue weighted by molar-refractivity contribution is 7.90. The zero-order valence-corrected chi connectivity index (χ0v) is 16.5. The van der Waals surface area contributed by atoms with E-state index in [1.165, 1.54) is 44.8 Å². The molecule has 1 saturated carbocycles. The van der Waals surface area contributed by atoms with Gasteiger partial charge in [-0.15, -0.1) is 0 Å². The Bertz CT molecular complexity index is 609. The molecule has 1 aromatic rings. The van der Waals surface area contributed by atoms with Crippen LogP contribution in [0, 0.1) is 5.92 Å². The predicted octanol–water partition coefficient (Wildman–Crippen LogP) is 3.95. The van der Waals surface area contributed by atoms with E-state index < -0.39 is 9.84 Å². The monoisotopic (exact) mass is 367 g/mol. The Morgan fingerprint density at radius 1 is 1.20 bits per heavy atom. The molecule has 1 aliphatic carbocycles. The minimum absolute atomic E-state index is 0.172. The van der Waals surface area contributed by atoms with Crippen molar-refractivity contribution in [3.63, 3.8) is 0 Å². The zero-order chi connectivity index (χ0) is 18.1. The first kappa shape index (κ1) is 20.2. The third-order valence-electron chi connectivity index (χ3n) is 4.94. The predicted molar refractivity (Wildman–Crippen MR) is 104 cm³/mol. The number of rotatable bonds is 10. The molecule has 1 unspecified atom stereocenters. The number of hydrogen-bond donors (Lipinski definition) is 1. The van der Waals surface area contributed by atoms with Crippen LogP contribution in [0.25, 0.3) is 0 Å². The molecule has 1 fully saturated rings. The normalized spacial score (nSPS) is 17.4. The van der Waals surface area contributed by atoms with Crippen LogP contribution < -0.4 is 10.1 Å². The SMILES string of the molecule is CC(CC1CCCCC1)NCc1ccccc1OCCCS(C)(=O)=O. The minimum atomic E-state index is -2.92. The topological polar surface area (TPSA) is 55.4 Å². The summed E-state index contributed by atoms with van der Waals surface area (Å²) in [7, 11) is -2.92. The molecule has 1 aliphatic rings. The van der Waals surface area contributed by atoms with Gasteiger partial charge in [-0.1, -0.05) is 50.3 Å². The van der Waals surface area contributed by atoms with Gasteiger partial charge < -0.3 is 10.1 Å². The summed E-state index contributed by atoms with van der Waals surface area (Å²) in [5.41, 5.74) is 1.14. The third-order valence-corrected chi connectivity index (χ3v) is 5.97. The van der Waals surface area contributed by atoms with Crippen molar-refractivity contribution in [3.05, 3.63) is 29.8 Å². The third kappa shape index (κ3) is 8.23. The lowest BCUT2D eigenvalue weighted by atomic mass is 9.85. The lowest BCUT2D eigenvalue weighted by molar-refractivity contribution is 0.299. The van der Waals surface area contributed by atoms with E-state index >= 15 is 0 Å². The number of nitrogens with one attached hydrogen (secondary N) is 1. The number of para-hydroxylation sites is 1. The second-order valence-corrected chi connectivity index (χ2v) is 9.72. The van der Waals surface area contributed by atoms with Crippen molar-refractivity contribution >= 4 is 9.84 Å².